The fraction of sp³-hybridized carbons (Fsp3) is 0.357. The van der Waals surface area contributed by atoms with Crippen LogP contribution >= 0.6 is 22.9 Å². The molecule has 0 amide bonds. The van der Waals surface area contributed by atoms with Crippen molar-refractivity contribution in [3.8, 4) is 5.75 Å². The molecule has 0 aliphatic heterocycles. The van der Waals surface area contributed by atoms with Crippen LogP contribution in [-0.4, -0.2) is 17.2 Å². The summed E-state index contributed by atoms with van der Waals surface area (Å²) < 4.78 is 5.25. The van der Waals surface area contributed by atoms with Crippen LogP contribution in [0.15, 0.2) is 18.2 Å². The third kappa shape index (κ3) is 3.26. The number of benzene rings is 1. The molecule has 0 aliphatic carbocycles. The number of nitrogens with zero attached hydrogens (tertiary/aromatic N) is 1. The quantitative estimate of drug-likeness (QED) is 0.935. The van der Waals surface area contributed by atoms with Gasteiger partial charge < -0.3 is 9.84 Å². The Morgan fingerprint density at radius 3 is 2.74 bits per heavy atom. The molecule has 1 unspecified atom stereocenters. The van der Waals surface area contributed by atoms with Crippen molar-refractivity contribution in [1.29, 1.82) is 0 Å². The number of aliphatic hydroxyl groups is 1. The summed E-state index contributed by atoms with van der Waals surface area (Å²) in [5.41, 5.74) is 1.71. The first-order valence-corrected chi connectivity index (χ1v) is 7.15. The number of aliphatic hydroxyl groups excluding tert-OH is 1. The molecule has 0 bridgehead atoms. The molecule has 2 rings (SSSR count). The van der Waals surface area contributed by atoms with Gasteiger partial charge in [0.1, 0.15) is 5.75 Å². The van der Waals surface area contributed by atoms with Crippen LogP contribution in [0, 0.1) is 13.8 Å². The second kappa shape index (κ2) is 5.90. The molecule has 0 aliphatic rings. The van der Waals surface area contributed by atoms with Gasteiger partial charge in [0.2, 0.25) is 0 Å². The minimum Gasteiger partial charge on any atom is -0.496 e. The number of methoxy groups -OCH3 is 1. The summed E-state index contributed by atoms with van der Waals surface area (Å²) >= 11 is 7.58. The lowest BCUT2D eigenvalue weighted by atomic mass is 10.1. The van der Waals surface area contributed by atoms with Gasteiger partial charge in [0.25, 0.3) is 0 Å². The highest BCUT2D eigenvalue weighted by molar-refractivity contribution is 7.11. The predicted octanol–water partition coefficient (Wildman–Crippen LogP) is 3.70. The van der Waals surface area contributed by atoms with E-state index >= 15 is 0 Å². The number of ether oxygens (including phenoxy) is 1. The fourth-order valence-corrected chi connectivity index (χ4v) is 3.02. The molecule has 0 saturated carbocycles. The van der Waals surface area contributed by atoms with Gasteiger partial charge in [-0.3, -0.25) is 0 Å². The number of aryl methyl sites for hydroxylation is 2. The largest absolute Gasteiger partial charge is 0.496 e. The first-order chi connectivity index (χ1) is 9.01. The van der Waals surface area contributed by atoms with Gasteiger partial charge in [0.15, 0.2) is 0 Å². The van der Waals surface area contributed by atoms with E-state index in [2.05, 4.69) is 4.98 Å². The van der Waals surface area contributed by atoms with Gasteiger partial charge >= 0.3 is 0 Å². The zero-order valence-corrected chi connectivity index (χ0v) is 12.7. The van der Waals surface area contributed by atoms with E-state index in [9.17, 15) is 5.11 Å². The van der Waals surface area contributed by atoms with E-state index in [1.54, 1.807) is 36.6 Å². The molecule has 1 aromatic carbocycles. The van der Waals surface area contributed by atoms with E-state index in [0.717, 1.165) is 10.7 Å². The van der Waals surface area contributed by atoms with E-state index in [1.165, 1.54) is 4.88 Å². The van der Waals surface area contributed by atoms with Gasteiger partial charge in [0, 0.05) is 21.9 Å². The Hall–Kier alpha value is -1.10. The van der Waals surface area contributed by atoms with Crippen LogP contribution in [0.25, 0.3) is 0 Å². The molecular formula is C14H16ClNO2S. The van der Waals surface area contributed by atoms with Crippen molar-refractivity contribution in [3.05, 3.63) is 44.4 Å². The topological polar surface area (TPSA) is 42.4 Å². The van der Waals surface area contributed by atoms with Crippen molar-refractivity contribution in [2.75, 3.05) is 7.11 Å². The molecule has 1 atom stereocenters. The molecule has 0 radical (unpaired) electrons. The van der Waals surface area contributed by atoms with Gasteiger partial charge in [-0.15, -0.1) is 11.3 Å². The predicted molar refractivity (Wildman–Crippen MR) is 78.3 cm³/mol. The summed E-state index contributed by atoms with van der Waals surface area (Å²) in [7, 11) is 1.58. The molecule has 1 aromatic heterocycles. The Morgan fingerprint density at radius 2 is 2.16 bits per heavy atom. The average molecular weight is 298 g/mol. The summed E-state index contributed by atoms with van der Waals surface area (Å²) in [5.74, 6) is 0.641. The number of rotatable bonds is 4. The van der Waals surface area contributed by atoms with E-state index in [4.69, 9.17) is 16.3 Å². The molecule has 1 heterocycles. The van der Waals surface area contributed by atoms with Crippen LogP contribution in [0.4, 0.5) is 0 Å². The van der Waals surface area contributed by atoms with Gasteiger partial charge in [-0.25, -0.2) is 4.98 Å². The zero-order valence-electron chi connectivity index (χ0n) is 11.1. The number of aromatic nitrogens is 1. The van der Waals surface area contributed by atoms with Crippen molar-refractivity contribution in [3.63, 3.8) is 0 Å². The Balaban J connectivity index is 2.24. The molecule has 3 nitrogen and oxygen atoms in total. The minimum absolute atomic E-state index is 0.468. The fourth-order valence-electron chi connectivity index (χ4n) is 1.87. The molecule has 0 spiro atoms. The summed E-state index contributed by atoms with van der Waals surface area (Å²) in [6.45, 7) is 4.00. The van der Waals surface area contributed by atoms with Crippen molar-refractivity contribution < 1.29 is 9.84 Å². The van der Waals surface area contributed by atoms with Crippen LogP contribution in [0.2, 0.25) is 5.02 Å². The summed E-state index contributed by atoms with van der Waals surface area (Å²) in [6.07, 6.45) is -0.200. The average Bonchev–Trinajstić information content (AvgIpc) is 2.68. The second-order valence-electron chi connectivity index (χ2n) is 4.36. The molecular weight excluding hydrogens is 282 g/mol. The molecule has 0 fully saturated rings. The van der Waals surface area contributed by atoms with E-state index in [0.29, 0.717) is 22.8 Å². The number of halogens is 1. The monoisotopic (exact) mass is 297 g/mol. The maximum Gasteiger partial charge on any atom is 0.124 e. The summed E-state index contributed by atoms with van der Waals surface area (Å²) in [4.78, 5) is 5.62. The standard InChI is InChI=1S/C14H16ClNO2S/c1-8-9(2)19-14(16-8)7-12(17)11-6-10(15)4-5-13(11)18-3/h4-6,12,17H,7H2,1-3H3. The lowest BCUT2D eigenvalue weighted by Gasteiger charge is -2.14. The molecule has 0 saturated heterocycles. The SMILES string of the molecule is COc1ccc(Cl)cc1C(O)Cc1nc(C)c(C)s1. The Morgan fingerprint density at radius 1 is 1.42 bits per heavy atom. The van der Waals surface area contributed by atoms with Crippen LogP contribution < -0.4 is 4.74 Å². The normalized spacial score (nSPS) is 12.5. The first kappa shape index (κ1) is 14.3. The molecule has 1 N–H and O–H groups in total. The third-order valence-corrected chi connectivity index (χ3v) is 4.32. The lowest BCUT2D eigenvalue weighted by Crippen LogP contribution is -2.04. The Bertz CT molecular complexity index is 563. The minimum atomic E-state index is -0.668. The summed E-state index contributed by atoms with van der Waals surface area (Å²) in [6, 6.07) is 5.24. The third-order valence-electron chi connectivity index (χ3n) is 2.99. The number of hydrogen-bond donors (Lipinski definition) is 1. The van der Waals surface area contributed by atoms with Crippen LogP contribution in [0.3, 0.4) is 0 Å². The van der Waals surface area contributed by atoms with E-state index in [1.807, 2.05) is 13.8 Å². The van der Waals surface area contributed by atoms with Gasteiger partial charge in [-0.1, -0.05) is 11.6 Å². The first-order valence-electron chi connectivity index (χ1n) is 5.95. The molecule has 102 valence electrons. The van der Waals surface area contributed by atoms with Crippen molar-refractivity contribution in [2.24, 2.45) is 0 Å². The van der Waals surface area contributed by atoms with Crippen molar-refractivity contribution >= 4 is 22.9 Å². The Kier molecular flexibility index (Phi) is 4.45. The highest BCUT2D eigenvalue weighted by Gasteiger charge is 2.16. The van der Waals surface area contributed by atoms with Gasteiger partial charge in [-0.05, 0) is 32.0 Å². The molecule has 19 heavy (non-hydrogen) atoms. The maximum absolute atomic E-state index is 10.3. The molecule has 2 aromatic rings. The highest BCUT2D eigenvalue weighted by Crippen LogP contribution is 2.31. The summed E-state index contributed by atoms with van der Waals surface area (Å²) in [5, 5.41) is 11.8. The number of thiazole rings is 1. The van der Waals surface area contributed by atoms with Crippen LogP contribution in [0.5, 0.6) is 5.75 Å². The molecule has 5 heteroatoms. The number of hydrogen-bond acceptors (Lipinski definition) is 4. The highest BCUT2D eigenvalue weighted by atomic mass is 35.5. The van der Waals surface area contributed by atoms with Crippen molar-refractivity contribution in [1.82, 2.24) is 4.98 Å². The van der Waals surface area contributed by atoms with Gasteiger partial charge in [-0.2, -0.15) is 0 Å². The second-order valence-corrected chi connectivity index (χ2v) is 6.08. The van der Waals surface area contributed by atoms with Crippen molar-refractivity contribution in [2.45, 2.75) is 26.4 Å². The lowest BCUT2D eigenvalue weighted by molar-refractivity contribution is 0.174. The van der Waals surface area contributed by atoms with Crippen LogP contribution in [-0.2, 0) is 6.42 Å². The van der Waals surface area contributed by atoms with E-state index in [-0.39, 0.29) is 0 Å². The maximum atomic E-state index is 10.3. The van der Waals surface area contributed by atoms with Crippen LogP contribution in [0.1, 0.15) is 27.2 Å². The zero-order chi connectivity index (χ0) is 14.0. The smallest absolute Gasteiger partial charge is 0.124 e. The Labute approximate surface area is 121 Å². The van der Waals surface area contributed by atoms with E-state index < -0.39 is 6.10 Å². The van der Waals surface area contributed by atoms with Gasteiger partial charge in [0.05, 0.1) is 23.9 Å².